The standard InChI is InChI=1S/C8H7N.C6H12O6/c1-2-4-8-7(3-1)5-6-9-8;7-1-2(8)4(10)6(12)5(11)3(1)9/h1-6,9H;1-12H. The Morgan fingerprint density at radius 3 is 1.48 bits per heavy atom. The molecule has 1 aromatic heterocycles. The SMILES string of the molecule is OC1C(O)C(O)C(O)C(O)C1O.c1ccc2[nH]ccc2c1. The van der Waals surface area contributed by atoms with Gasteiger partial charge in [-0.15, -0.1) is 0 Å². The Kier molecular flexibility index (Phi) is 4.94. The van der Waals surface area contributed by atoms with Crippen LogP contribution in [0.15, 0.2) is 36.5 Å². The van der Waals surface area contributed by atoms with Crippen LogP contribution in [0.1, 0.15) is 0 Å². The summed E-state index contributed by atoms with van der Waals surface area (Å²) in [5, 5.41) is 55.1. The van der Waals surface area contributed by atoms with E-state index in [-0.39, 0.29) is 0 Å². The minimum Gasteiger partial charge on any atom is -0.387 e. The number of fused-ring (bicyclic) bond motifs is 1. The van der Waals surface area contributed by atoms with E-state index in [1.807, 2.05) is 18.3 Å². The summed E-state index contributed by atoms with van der Waals surface area (Å²) in [6.45, 7) is 0. The van der Waals surface area contributed by atoms with Gasteiger partial charge >= 0.3 is 0 Å². The summed E-state index contributed by atoms with van der Waals surface area (Å²) in [6, 6.07) is 10.3. The molecule has 0 radical (unpaired) electrons. The van der Waals surface area contributed by atoms with Gasteiger partial charge in [0.1, 0.15) is 36.6 Å². The van der Waals surface area contributed by atoms with E-state index in [0.29, 0.717) is 0 Å². The summed E-state index contributed by atoms with van der Waals surface area (Å²) in [6.07, 6.45) is -7.89. The summed E-state index contributed by atoms with van der Waals surface area (Å²) in [4.78, 5) is 3.12. The molecule has 1 aliphatic carbocycles. The molecule has 3 rings (SSSR count). The molecule has 0 unspecified atom stereocenters. The van der Waals surface area contributed by atoms with Crippen LogP contribution in [0.3, 0.4) is 0 Å². The van der Waals surface area contributed by atoms with E-state index in [9.17, 15) is 0 Å². The molecule has 0 aliphatic heterocycles. The molecule has 0 saturated heterocycles. The van der Waals surface area contributed by atoms with Crippen molar-refractivity contribution in [1.29, 1.82) is 0 Å². The summed E-state index contributed by atoms with van der Waals surface area (Å²) in [7, 11) is 0. The van der Waals surface area contributed by atoms with E-state index >= 15 is 0 Å². The van der Waals surface area contributed by atoms with Crippen LogP contribution in [0.4, 0.5) is 0 Å². The lowest BCUT2D eigenvalue weighted by atomic mass is 9.85. The van der Waals surface area contributed by atoms with E-state index in [0.717, 1.165) is 0 Å². The van der Waals surface area contributed by atoms with Crippen LogP contribution < -0.4 is 0 Å². The van der Waals surface area contributed by atoms with E-state index in [1.165, 1.54) is 10.9 Å². The number of para-hydroxylation sites is 1. The second-order valence-electron chi connectivity index (χ2n) is 5.01. The molecule has 0 amide bonds. The van der Waals surface area contributed by atoms with E-state index in [2.05, 4.69) is 23.2 Å². The van der Waals surface area contributed by atoms with Gasteiger partial charge in [-0.3, -0.25) is 0 Å². The maximum absolute atomic E-state index is 8.97. The largest absolute Gasteiger partial charge is 0.387 e. The minimum atomic E-state index is -1.64. The van der Waals surface area contributed by atoms with Crippen LogP contribution in [-0.2, 0) is 0 Å². The molecule has 21 heavy (non-hydrogen) atoms. The monoisotopic (exact) mass is 297 g/mol. The maximum Gasteiger partial charge on any atom is 0.111 e. The fourth-order valence-corrected chi connectivity index (χ4v) is 2.21. The predicted octanol–water partition coefficient (Wildman–Crippen LogP) is -1.67. The third kappa shape index (κ3) is 3.24. The van der Waals surface area contributed by atoms with Crippen molar-refractivity contribution in [3.05, 3.63) is 36.5 Å². The third-order valence-corrected chi connectivity index (χ3v) is 3.56. The van der Waals surface area contributed by atoms with Gasteiger partial charge in [-0.2, -0.15) is 0 Å². The zero-order valence-electron chi connectivity index (χ0n) is 11.1. The molecule has 116 valence electrons. The number of benzene rings is 1. The summed E-state index contributed by atoms with van der Waals surface area (Å²) >= 11 is 0. The van der Waals surface area contributed by atoms with Gasteiger partial charge in [0.25, 0.3) is 0 Å². The number of hydrogen-bond donors (Lipinski definition) is 7. The smallest absolute Gasteiger partial charge is 0.111 e. The number of rotatable bonds is 0. The Hall–Kier alpha value is -1.48. The van der Waals surface area contributed by atoms with E-state index in [1.54, 1.807) is 0 Å². The Bertz CT molecular complexity index is 485. The van der Waals surface area contributed by atoms with Gasteiger partial charge in [0, 0.05) is 11.7 Å². The van der Waals surface area contributed by atoms with E-state index < -0.39 is 36.6 Å². The van der Waals surface area contributed by atoms with Gasteiger partial charge < -0.3 is 35.6 Å². The van der Waals surface area contributed by atoms with Crippen LogP contribution in [0.2, 0.25) is 0 Å². The van der Waals surface area contributed by atoms with Crippen LogP contribution in [-0.4, -0.2) is 72.2 Å². The van der Waals surface area contributed by atoms with Gasteiger partial charge in [-0.1, -0.05) is 18.2 Å². The number of hydrogen-bond acceptors (Lipinski definition) is 6. The Morgan fingerprint density at radius 1 is 0.619 bits per heavy atom. The topological polar surface area (TPSA) is 137 Å². The second-order valence-corrected chi connectivity index (χ2v) is 5.01. The highest BCUT2D eigenvalue weighted by molar-refractivity contribution is 5.78. The maximum atomic E-state index is 8.97. The highest BCUT2D eigenvalue weighted by atomic mass is 16.4. The predicted molar refractivity (Wildman–Crippen MR) is 74.3 cm³/mol. The lowest BCUT2D eigenvalue weighted by Gasteiger charge is -2.39. The molecule has 7 N–H and O–H groups in total. The molecule has 1 saturated carbocycles. The van der Waals surface area contributed by atoms with Crippen molar-refractivity contribution < 1.29 is 30.6 Å². The van der Waals surface area contributed by atoms with Crippen molar-refractivity contribution in [1.82, 2.24) is 4.98 Å². The Balaban J connectivity index is 0.000000159. The molecule has 0 atom stereocenters. The Labute approximate surface area is 120 Å². The first-order chi connectivity index (χ1) is 9.93. The average molecular weight is 297 g/mol. The summed E-state index contributed by atoms with van der Waals surface area (Å²) in [5.41, 5.74) is 1.21. The molecule has 1 aromatic carbocycles. The van der Waals surface area contributed by atoms with Crippen molar-refractivity contribution in [2.45, 2.75) is 36.6 Å². The van der Waals surface area contributed by atoms with Crippen molar-refractivity contribution in [2.75, 3.05) is 0 Å². The first-order valence-corrected chi connectivity index (χ1v) is 6.54. The minimum absolute atomic E-state index is 1.21. The molecule has 2 aromatic rings. The molecule has 0 spiro atoms. The van der Waals surface area contributed by atoms with Crippen molar-refractivity contribution >= 4 is 10.9 Å². The third-order valence-electron chi connectivity index (χ3n) is 3.56. The van der Waals surface area contributed by atoms with Crippen LogP contribution in [0.5, 0.6) is 0 Å². The summed E-state index contributed by atoms with van der Waals surface area (Å²) < 4.78 is 0. The number of nitrogens with one attached hydrogen (secondary N) is 1. The first kappa shape index (κ1) is 15.9. The quantitative estimate of drug-likeness (QED) is 0.311. The van der Waals surface area contributed by atoms with Crippen LogP contribution in [0.25, 0.3) is 10.9 Å². The lowest BCUT2D eigenvalue weighted by Crippen LogP contribution is -2.63. The molecule has 1 fully saturated rings. The van der Waals surface area contributed by atoms with Gasteiger partial charge in [-0.05, 0) is 17.5 Å². The van der Waals surface area contributed by atoms with Gasteiger partial charge in [0.05, 0.1) is 0 Å². The molecule has 7 heteroatoms. The Morgan fingerprint density at radius 2 is 1.05 bits per heavy atom. The molecular weight excluding hydrogens is 278 g/mol. The van der Waals surface area contributed by atoms with Crippen LogP contribution in [0, 0.1) is 0 Å². The van der Waals surface area contributed by atoms with Gasteiger partial charge in [0.15, 0.2) is 0 Å². The highest BCUT2D eigenvalue weighted by Gasteiger charge is 2.47. The fourth-order valence-electron chi connectivity index (χ4n) is 2.21. The van der Waals surface area contributed by atoms with E-state index in [4.69, 9.17) is 30.6 Å². The fraction of sp³-hybridized carbons (Fsp3) is 0.429. The van der Waals surface area contributed by atoms with Crippen molar-refractivity contribution in [2.24, 2.45) is 0 Å². The molecule has 7 nitrogen and oxygen atoms in total. The molecule has 0 bridgehead atoms. The van der Waals surface area contributed by atoms with Gasteiger partial charge in [0.2, 0.25) is 0 Å². The lowest BCUT2D eigenvalue weighted by molar-refractivity contribution is -0.223. The first-order valence-electron chi connectivity index (χ1n) is 6.54. The average Bonchev–Trinajstić information content (AvgIpc) is 2.98. The molecule has 1 aliphatic rings. The number of aromatic amines is 1. The number of H-pyrrole nitrogens is 1. The van der Waals surface area contributed by atoms with Gasteiger partial charge in [-0.25, -0.2) is 0 Å². The zero-order valence-corrected chi connectivity index (χ0v) is 11.1. The number of aliphatic hydroxyl groups excluding tert-OH is 6. The number of aliphatic hydroxyl groups is 6. The normalized spacial score (nSPS) is 36.1. The molecular formula is C14H19NO6. The molecule has 1 heterocycles. The zero-order chi connectivity index (χ0) is 15.6. The number of aromatic nitrogens is 1. The van der Waals surface area contributed by atoms with Crippen molar-refractivity contribution in [3.8, 4) is 0 Å². The highest BCUT2D eigenvalue weighted by Crippen LogP contribution is 2.20. The second kappa shape index (κ2) is 6.52. The van der Waals surface area contributed by atoms with Crippen LogP contribution >= 0.6 is 0 Å². The van der Waals surface area contributed by atoms with Crippen molar-refractivity contribution in [3.63, 3.8) is 0 Å². The summed E-state index contributed by atoms with van der Waals surface area (Å²) in [5.74, 6) is 0.